The number of carbonyl (C=O) groups excluding carboxylic acids is 1. The molecule has 1 atom stereocenters. The van der Waals surface area contributed by atoms with Gasteiger partial charge >= 0.3 is 0 Å². The zero-order valence-corrected chi connectivity index (χ0v) is 11.7. The smallest absolute Gasteiger partial charge is 0.284 e. The average Bonchev–Trinajstić information content (AvgIpc) is 2.38. The molecule has 1 heterocycles. The van der Waals surface area contributed by atoms with Crippen LogP contribution in [0.1, 0.15) is 23.2 Å². The highest BCUT2D eigenvalue weighted by Crippen LogP contribution is 2.26. The van der Waals surface area contributed by atoms with Crippen LogP contribution in [0.5, 0.6) is 0 Å². The van der Waals surface area contributed by atoms with Crippen molar-refractivity contribution in [1.29, 1.82) is 0 Å². The summed E-state index contributed by atoms with van der Waals surface area (Å²) in [4.78, 5) is 24.0. The fourth-order valence-electron chi connectivity index (χ4n) is 2.11. The molecule has 1 unspecified atom stereocenters. The number of hydrogen-bond donors (Lipinski definition) is 1. The Bertz CT molecular complexity index is 520. The number of nitro groups is 1. The summed E-state index contributed by atoms with van der Waals surface area (Å²) in [5.74, 6) is -0.283. The van der Waals surface area contributed by atoms with E-state index in [0.29, 0.717) is 17.4 Å². The number of aliphatic hydroxyl groups excluding tert-OH is 1. The molecule has 1 N–H and O–H groups in total. The minimum atomic E-state index is -0.536. The third kappa shape index (κ3) is 3.10. The van der Waals surface area contributed by atoms with E-state index in [1.54, 1.807) is 6.07 Å². The molecular formula is C12H13BrN2O4. The third-order valence-electron chi connectivity index (χ3n) is 3.07. The molecule has 0 radical (unpaired) electrons. The van der Waals surface area contributed by atoms with Crippen molar-refractivity contribution in [3.05, 3.63) is 38.3 Å². The quantitative estimate of drug-likeness (QED) is 0.664. The number of β-amino-alcohol motifs (C(OH)–C–C–N with tert-alkyl or cyclic N) is 1. The van der Waals surface area contributed by atoms with Gasteiger partial charge in [-0.1, -0.05) is 0 Å². The van der Waals surface area contributed by atoms with Gasteiger partial charge in [0.2, 0.25) is 0 Å². The van der Waals surface area contributed by atoms with Gasteiger partial charge in [-0.3, -0.25) is 14.9 Å². The van der Waals surface area contributed by atoms with Crippen LogP contribution in [0, 0.1) is 10.1 Å². The summed E-state index contributed by atoms with van der Waals surface area (Å²) in [6.45, 7) is 0.850. The van der Waals surface area contributed by atoms with Crippen molar-refractivity contribution in [2.24, 2.45) is 0 Å². The lowest BCUT2D eigenvalue weighted by atomic mass is 10.1. The van der Waals surface area contributed by atoms with Gasteiger partial charge in [0.15, 0.2) is 0 Å². The van der Waals surface area contributed by atoms with Crippen LogP contribution in [-0.2, 0) is 0 Å². The Morgan fingerprint density at radius 3 is 2.89 bits per heavy atom. The van der Waals surface area contributed by atoms with Crippen LogP contribution in [0.25, 0.3) is 0 Å². The number of halogens is 1. The Balaban J connectivity index is 2.24. The van der Waals surface area contributed by atoms with Gasteiger partial charge < -0.3 is 10.0 Å². The molecule has 0 aliphatic carbocycles. The van der Waals surface area contributed by atoms with Crippen molar-refractivity contribution < 1.29 is 14.8 Å². The van der Waals surface area contributed by atoms with Gasteiger partial charge in [-0.15, -0.1) is 0 Å². The summed E-state index contributed by atoms with van der Waals surface area (Å²) >= 11 is 3.08. The van der Waals surface area contributed by atoms with Crippen LogP contribution in [0.4, 0.5) is 5.69 Å². The summed E-state index contributed by atoms with van der Waals surface area (Å²) in [5.41, 5.74) is 0.132. The number of likely N-dealkylation sites (tertiary alicyclic amines) is 1. The molecule has 1 aromatic rings. The third-order valence-corrected chi connectivity index (χ3v) is 3.74. The molecule has 0 saturated carbocycles. The second-order valence-corrected chi connectivity index (χ2v) is 5.32. The molecule has 0 bridgehead atoms. The predicted octanol–water partition coefficient (Wildman–Crippen LogP) is 1.95. The number of hydrogen-bond acceptors (Lipinski definition) is 4. The molecule has 1 aliphatic heterocycles. The van der Waals surface area contributed by atoms with Crippen LogP contribution in [0.2, 0.25) is 0 Å². The molecule has 0 spiro atoms. The minimum Gasteiger partial charge on any atom is -0.391 e. The summed E-state index contributed by atoms with van der Waals surface area (Å²) in [5, 5.41) is 20.4. The molecule has 1 aromatic carbocycles. The lowest BCUT2D eigenvalue weighted by Crippen LogP contribution is -2.42. The van der Waals surface area contributed by atoms with Gasteiger partial charge in [0, 0.05) is 24.7 Å². The van der Waals surface area contributed by atoms with Gasteiger partial charge in [-0.2, -0.15) is 0 Å². The van der Waals surface area contributed by atoms with Gasteiger partial charge in [-0.05, 0) is 40.9 Å². The highest BCUT2D eigenvalue weighted by molar-refractivity contribution is 9.10. The largest absolute Gasteiger partial charge is 0.391 e. The van der Waals surface area contributed by atoms with Crippen LogP contribution >= 0.6 is 15.9 Å². The predicted molar refractivity (Wildman–Crippen MR) is 71.9 cm³/mol. The van der Waals surface area contributed by atoms with Crippen molar-refractivity contribution in [2.75, 3.05) is 13.1 Å². The number of carbonyl (C=O) groups is 1. The molecule has 1 fully saturated rings. The summed E-state index contributed by atoms with van der Waals surface area (Å²) in [7, 11) is 0. The van der Waals surface area contributed by atoms with Gasteiger partial charge in [0.25, 0.3) is 11.6 Å². The Morgan fingerprint density at radius 2 is 2.26 bits per heavy atom. The maximum absolute atomic E-state index is 12.2. The lowest BCUT2D eigenvalue weighted by Gasteiger charge is -2.30. The summed E-state index contributed by atoms with van der Waals surface area (Å²) < 4.78 is 0.340. The van der Waals surface area contributed by atoms with Crippen LogP contribution in [-0.4, -0.2) is 40.0 Å². The zero-order valence-electron chi connectivity index (χ0n) is 10.1. The second-order valence-electron chi connectivity index (χ2n) is 4.47. The van der Waals surface area contributed by atoms with E-state index in [4.69, 9.17) is 0 Å². The average molecular weight is 329 g/mol. The maximum Gasteiger partial charge on any atom is 0.284 e. The van der Waals surface area contributed by atoms with E-state index in [1.165, 1.54) is 17.0 Å². The number of aliphatic hydroxyl groups is 1. The number of amides is 1. The van der Waals surface area contributed by atoms with Crippen molar-refractivity contribution in [3.8, 4) is 0 Å². The molecule has 6 nitrogen and oxygen atoms in total. The van der Waals surface area contributed by atoms with E-state index in [-0.39, 0.29) is 23.7 Å². The van der Waals surface area contributed by atoms with E-state index >= 15 is 0 Å². The number of nitrogens with zero attached hydrogens (tertiary/aromatic N) is 2. The van der Waals surface area contributed by atoms with Gasteiger partial charge in [0.1, 0.15) is 0 Å². The summed E-state index contributed by atoms with van der Waals surface area (Å²) in [6, 6.07) is 4.29. The van der Waals surface area contributed by atoms with Crippen molar-refractivity contribution in [2.45, 2.75) is 18.9 Å². The standard InChI is InChI=1S/C12H13BrN2O4/c13-10-4-3-8(6-11(10)15(18)19)12(17)14-5-1-2-9(16)7-14/h3-4,6,9,16H,1-2,5,7H2. The topological polar surface area (TPSA) is 83.7 Å². The van der Waals surface area contributed by atoms with Gasteiger partial charge in [-0.25, -0.2) is 0 Å². The summed E-state index contributed by atoms with van der Waals surface area (Å²) in [6.07, 6.45) is 0.915. The number of rotatable bonds is 2. The monoisotopic (exact) mass is 328 g/mol. The minimum absolute atomic E-state index is 0.136. The van der Waals surface area contributed by atoms with Crippen molar-refractivity contribution in [1.82, 2.24) is 4.90 Å². The van der Waals surface area contributed by atoms with Crippen molar-refractivity contribution >= 4 is 27.5 Å². The van der Waals surface area contributed by atoms with Crippen LogP contribution in [0.3, 0.4) is 0 Å². The van der Waals surface area contributed by atoms with E-state index in [9.17, 15) is 20.0 Å². The van der Waals surface area contributed by atoms with E-state index in [2.05, 4.69) is 15.9 Å². The molecule has 1 amide bonds. The first-order valence-corrected chi connectivity index (χ1v) is 6.69. The Hall–Kier alpha value is -1.47. The molecule has 1 aliphatic rings. The molecule has 1 saturated heterocycles. The zero-order chi connectivity index (χ0) is 14.0. The first-order valence-electron chi connectivity index (χ1n) is 5.90. The fraction of sp³-hybridized carbons (Fsp3) is 0.417. The lowest BCUT2D eigenvalue weighted by molar-refractivity contribution is -0.385. The van der Waals surface area contributed by atoms with E-state index < -0.39 is 11.0 Å². The molecule has 2 rings (SSSR count). The number of benzene rings is 1. The Kier molecular flexibility index (Phi) is 4.16. The van der Waals surface area contributed by atoms with Crippen LogP contribution < -0.4 is 0 Å². The molecule has 19 heavy (non-hydrogen) atoms. The van der Waals surface area contributed by atoms with Crippen LogP contribution in [0.15, 0.2) is 22.7 Å². The number of piperidine rings is 1. The van der Waals surface area contributed by atoms with E-state index in [1.807, 2.05) is 0 Å². The molecular weight excluding hydrogens is 316 g/mol. The van der Waals surface area contributed by atoms with Gasteiger partial charge in [0.05, 0.1) is 15.5 Å². The normalized spacial score (nSPS) is 19.3. The molecule has 7 heteroatoms. The second kappa shape index (κ2) is 5.66. The van der Waals surface area contributed by atoms with E-state index in [0.717, 1.165) is 6.42 Å². The first kappa shape index (κ1) is 14.0. The Labute approximate surface area is 118 Å². The van der Waals surface area contributed by atoms with Crippen molar-refractivity contribution in [3.63, 3.8) is 0 Å². The highest BCUT2D eigenvalue weighted by atomic mass is 79.9. The molecule has 0 aromatic heterocycles. The SMILES string of the molecule is O=C(c1ccc(Br)c([N+](=O)[O-])c1)N1CCCC(O)C1. The maximum atomic E-state index is 12.2. The Morgan fingerprint density at radius 1 is 1.53 bits per heavy atom. The molecule has 102 valence electrons. The first-order chi connectivity index (χ1) is 8.99. The number of nitro benzene ring substituents is 1. The fourth-order valence-corrected chi connectivity index (χ4v) is 2.50. The highest BCUT2D eigenvalue weighted by Gasteiger charge is 2.24.